The number of hydrogen-bond donors (Lipinski definition) is 2. The zero-order valence-electron chi connectivity index (χ0n) is 15.0. The van der Waals surface area contributed by atoms with Crippen molar-refractivity contribution < 1.29 is 23.1 Å². The van der Waals surface area contributed by atoms with E-state index in [1.54, 1.807) is 0 Å². The number of carboxylic acids is 1. The van der Waals surface area contributed by atoms with Gasteiger partial charge in [-0.25, -0.2) is 8.42 Å². The van der Waals surface area contributed by atoms with Gasteiger partial charge in [0.05, 0.1) is 12.3 Å². The molecule has 2 aliphatic rings. The Morgan fingerprint density at radius 1 is 1.28 bits per heavy atom. The summed E-state index contributed by atoms with van der Waals surface area (Å²) >= 11 is 0. The molecule has 1 amide bonds. The van der Waals surface area contributed by atoms with Gasteiger partial charge in [0.15, 0.2) is 0 Å². The highest BCUT2D eigenvalue weighted by Gasteiger charge is 2.41. The molecule has 1 aliphatic carbocycles. The van der Waals surface area contributed by atoms with Crippen LogP contribution in [0, 0.1) is 0 Å². The van der Waals surface area contributed by atoms with Crippen molar-refractivity contribution in [2.24, 2.45) is 0 Å². The molecule has 1 saturated carbocycles. The summed E-state index contributed by atoms with van der Waals surface area (Å²) in [4.78, 5) is 25.3. The van der Waals surface area contributed by atoms with E-state index in [4.69, 9.17) is 5.11 Å². The Morgan fingerprint density at radius 2 is 1.96 bits per heavy atom. The van der Waals surface area contributed by atoms with E-state index in [0.29, 0.717) is 45.2 Å². The van der Waals surface area contributed by atoms with Gasteiger partial charge in [0.2, 0.25) is 15.9 Å². The van der Waals surface area contributed by atoms with Gasteiger partial charge >= 0.3 is 5.97 Å². The van der Waals surface area contributed by atoms with Gasteiger partial charge in [0, 0.05) is 18.6 Å². The van der Waals surface area contributed by atoms with Crippen LogP contribution in [0.1, 0.15) is 46.0 Å². The number of sulfonamides is 1. The highest BCUT2D eigenvalue weighted by molar-refractivity contribution is 7.89. The van der Waals surface area contributed by atoms with Gasteiger partial charge in [-0.05, 0) is 38.6 Å². The topological polar surface area (TPSA) is 107 Å². The summed E-state index contributed by atoms with van der Waals surface area (Å²) in [5.74, 6) is -0.998. The molecule has 0 aromatic rings. The normalized spacial score (nSPS) is 27.2. The van der Waals surface area contributed by atoms with E-state index in [1.807, 2.05) is 18.7 Å². The van der Waals surface area contributed by atoms with Gasteiger partial charge in [-0.15, -0.1) is 0 Å². The van der Waals surface area contributed by atoms with Crippen LogP contribution < -0.4 is 5.32 Å². The number of aliphatic carboxylic acids is 1. The highest BCUT2D eigenvalue weighted by atomic mass is 32.2. The summed E-state index contributed by atoms with van der Waals surface area (Å²) in [5.41, 5.74) is 0. The van der Waals surface area contributed by atoms with Gasteiger partial charge in [0.1, 0.15) is 6.04 Å². The lowest BCUT2D eigenvalue weighted by Crippen LogP contribution is -2.57. The number of nitrogens with zero attached hydrogens (tertiary/aromatic N) is 2. The lowest BCUT2D eigenvalue weighted by atomic mass is 9.85. The Hall–Kier alpha value is -1.19. The average molecular weight is 375 g/mol. The molecule has 25 heavy (non-hydrogen) atoms. The summed E-state index contributed by atoms with van der Waals surface area (Å²) in [5, 5.41) is 11.9. The second-order valence-corrected chi connectivity index (χ2v) is 8.91. The Labute approximate surface area is 149 Å². The van der Waals surface area contributed by atoms with Crippen LogP contribution >= 0.6 is 0 Å². The zero-order chi connectivity index (χ0) is 18.6. The van der Waals surface area contributed by atoms with Crippen LogP contribution in [0.15, 0.2) is 0 Å². The van der Waals surface area contributed by atoms with E-state index < -0.39 is 22.0 Å². The van der Waals surface area contributed by atoms with Crippen molar-refractivity contribution >= 4 is 21.9 Å². The molecule has 1 atom stereocenters. The van der Waals surface area contributed by atoms with Crippen LogP contribution in [-0.2, 0) is 19.6 Å². The van der Waals surface area contributed by atoms with E-state index in [-0.39, 0.29) is 30.3 Å². The summed E-state index contributed by atoms with van der Waals surface area (Å²) in [6.07, 6.45) is 3.22. The molecule has 0 bridgehead atoms. The molecule has 2 rings (SSSR count). The van der Waals surface area contributed by atoms with Crippen LogP contribution in [0.2, 0.25) is 0 Å². The van der Waals surface area contributed by atoms with Crippen molar-refractivity contribution in [3.8, 4) is 0 Å². The Morgan fingerprint density at radius 3 is 2.52 bits per heavy atom. The largest absolute Gasteiger partial charge is 0.480 e. The maximum atomic E-state index is 12.5. The first kappa shape index (κ1) is 20.1. The molecule has 144 valence electrons. The molecule has 0 aromatic heterocycles. The number of carbonyl (C=O) groups excluding carboxylic acids is 1. The molecule has 0 radical (unpaired) electrons. The minimum Gasteiger partial charge on any atom is -0.480 e. The maximum absolute atomic E-state index is 12.5. The van der Waals surface area contributed by atoms with E-state index >= 15 is 0 Å². The fourth-order valence-electron chi connectivity index (χ4n) is 3.68. The molecule has 2 fully saturated rings. The van der Waals surface area contributed by atoms with Crippen molar-refractivity contribution in [1.82, 2.24) is 14.5 Å². The first-order chi connectivity index (χ1) is 11.8. The average Bonchev–Trinajstić information content (AvgIpc) is 2.98. The third-order valence-electron chi connectivity index (χ3n) is 5.05. The first-order valence-corrected chi connectivity index (χ1v) is 10.6. The van der Waals surface area contributed by atoms with E-state index in [9.17, 15) is 18.0 Å². The minimum absolute atomic E-state index is 0.00308. The molecule has 0 spiro atoms. The SMILES string of the molecule is CCCS(=O)(=O)N1CCCC1C(=O)NC1CC(N(CC)CC(=O)O)C1. The molecule has 1 heterocycles. The quantitative estimate of drug-likeness (QED) is 0.598. The molecular weight excluding hydrogens is 346 g/mol. The monoisotopic (exact) mass is 375 g/mol. The van der Waals surface area contributed by atoms with Crippen molar-refractivity contribution in [2.75, 3.05) is 25.4 Å². The molecule has 1 unspecified atom stereocenters. The van der Waals surface area contributed by atoms with Gasteiger partial charge in [-0.2, -0.15) is 4.31 Å². The predicted octanol–water partition coefficient (Wildman–Crippen LogP) is 0.244. The lowest BCUT2D eigenvalue weighted by molar-refractivity contribution is -0.140. The molecule has 2 N–H and O–H groups in total. The number of amides is 1. The summed E-state index contributed by atoms with van der Waals surface area (Å²) in [6.45, 7) is 4.81. The molecular formula is C16H29N3O5S. The van der Waals surface area contributed by atoms with Crippen LogP contribution in [-0.4, -0.2) is 78.1 Å². The van der Waals surface area contributed by atoms with E-state index in [1.165, 1.54) is 4.31 Å². The highest BCUT2D eigenvalue weighted by Crippen LogP contribution is 2.27. The Balaban J connectivity index is 1.86. The fraction of sp³-hybridized carbons (Fsp3) is 0.875. The summed E-state index contributed by atoms with van der Waals surface area (Å²) in [7, 11) is -3.37. The van der Waals surface area contributed by atoms with Crippen LogP contribution in [0.3, 0.4) is 0 Å². The maximum Gasteiger partial charge on any atom is 0.317 e. The first-order valence-electron chi connectivity index (χ1n) is 9.04. The minimum atomic E-state index is -3.37. The smallest absolute Gasteiger partial charge is 0.317 e. The standard InChI is InChI=1S/C16H29N3O5S/c1-3-8-25(23,24)19-7-5-6-14(19)16(22)17-12-9-13(10-12)18(4-2)11-15(20)21/h12-14H,3-11H2,1-2H3,(H,17,22)(H,20,21). The van der Waals surface area contributed by atoms with Crippen LogP contribution in [0.4, 0.5) is 0 Å². The third-order valence-corrected chi connectivity index (χ3v) is 7.12. The third kappa shape index (κ3) is 4.92. The van der Waals surface area contributed by atoms with E-state index in [2.05, 4.69) is 5.32 Å². The predicted molar refractivity (Wildman–Crippen MR) is 93.6 cm³/mol. The summed E-state index contributed by atoms with van der Waals surface area (Å²) < 4.78 is 25.9. The summed E-state index contributed by atoms with van der Waals surface area (Å²) in [6, 6.07) is -0.441. The number of hydrogen-bond acceptors (Lipinski definition) is 5. The number of carboxylic acid groups (broad SMARTS) is 1. The molecule has 0 aromatic carbocycles. The molecule has 9 heteroatoms. The van der Waals surface area contributed by atoms with Gasteiger partial charge in [-0.1, -0.05) is 13.8 Å². The fourth-order valence-corrected chi connectivity index (χ4v) is 5.43. The van der Waals surface area contributed by atoms with Crippen LogP contribution in [0.5, 0.6) is 0 Å². The van der Waals surface area contributed by atoms with Crippen molar-refractivity contribution in [3.63, 3.8) is 0 Å². The zero-order valence-corrected chi connectivity index (χ0v) is 15.8. The van der Waals surface area contributed by atoms with Crippen molar-refractivity contribution in [3.05, 3.63) is 0 Å². The van der Waals surface area contributed by atoms with Crippen LogP contribution in [0.25, 0.3) is 0 Å². The Bertz CT molecular complexity index is 589. The van der Waals surface area contributed by atoms with Gasteiger partial charge < -0.3 is 10.4 Å². The van der Waals surface area contributed by atoms with Crippen molar-refractivity contribution in [1.29, 1.82) is 0 Å². The number of carbonyl (C=O) groups is 2. The van der Waals surface area contributed by atoms with Crippen molar-refractivity contribution in [2.45, 2.75) is 64.1 Å². The van der Waals surface area contributed by atoms with Gasteiger partial charge in [-0.3, -0.25) is 14.5 Å². The number of nitrogens with one attached hydrogen (secondary N) is 1. The second-order valence-electron chi connectivity index (χ2n) is 6.87. The Kier molecular flexibility index (Phi) is 6.81. The molecule has 1 aliphatic heterocycles. The molecule has 8 nitrogen and oxygen atoms in total. The number of rotatable bonds is 9. The molecule has 1 saturated heterocycles. The lowest BCUT2D eigenvalue weighted by Gasteiger charge is -2.42. The second kappa shape index (κ2) is 8.46. The van der Waals surface area contributed by atoms with E-state index in [0.717, 1.165) is 0 Å². The van der Waals surface area contributed by atoms with Gasteiger partial charge in [0.25, 0.3) is 0 Å². The number of likely N-dealkylation sites (N-methyl/N-ethyl adjacent to an activating group) is 1.